The molecule has 9 heteroatoms. The van der Waals surface area contributed by atoms with Crippen molar-refractivity contribution in [3.8, 4) is 0 Å². The smallest absolute Gasteiger partial charge is 0.306 e. The summed E-state index contributed by atoms with van der Waals surface area (Å²) in [5, 5.41) is 16.9. The molecule has 0 bridgehead atoms. The van der Waals surface area contributed by atoms with Gasteiger partial charge in [0.15, 0.2) is 0 Å². The fraction of sp³-hybridized carbons (Fsp3) is 0.600. The van der Waals surface area contributed by atoms with E-state index in [1.54, 1.807) is 0 Å². The largest absolute Gasteiger partial charge is 0.353 e. The standard InChI is InChI=1S/C10H17N5O3.ClH/c1-7(2)9(11)10(16)12-3-4-14-6-8(5-13-14)15(17)18;/h5-7,9H,3-4,11H2,1-2H3,(H,12,16);1H/t9-;/m0./s1. The number of rotatable bonds is 6. The summed E-state index contributed by atoms with van der Waals surface area (Å²) in [6.07, 6.45) is 2.48. The van der Waals surface area contributed by atoms with Crippen LogP contribution in [0.2, 0.25) is 0 Å². The topological polar surface area (TPSA) is 116 Å². The van der Waals surface area contributed by atoms with Gasteiger partial charge in [-0.2, -0.15) is 5.10 Å². The zero-order valence-corrected chi connectivity index (χ0v) is 11.6. The zero-order valence-electron chi connectivity index (χ0n) is 10.8. The SMILES string of the molecule is CC(C)[C@H](N)C(=O)NCCn1cc([N+](=O)[O-])cn1.Cl. The van der Waals surface area contributed by atoms with Crippen LogP contribution < -0.4 is 11.1 Å². The lowest BCUT2D eigenvalue weighted by atomic mass is 10.1. The van der Waals surface area contributed by atoms with E-state index in [0.717, 1.165) is 0 Å². The Bertz CT molecular complexity index is 435. The minimum absolute atomic E-state index is 0. The van der Waals surface area contributed by atoms with E-state index in [2.05, 4.69) is 10.4 Å². The maximum absolute atomic E-state index is 11.5. The van der Waals surface area contributed by atoms with Gasteiger partial charge in [0.05, 0.1) is 17.5 Å². The van der Waals surface area contributed by atoms with Crippen molar-refractivity contribution in [2.45, 2.75) is 26.4 Å². The second kappa shape index (κ2) is 7.70. The van der Waals surface area contributed by atoms with Gasteiger partial charge in [-0.25, -0.2) is 0 Å². The minimum atomic E-state index is -0.544. The molecule has 8 nitrogen and oxygen atoms in total. The van der Waals surface area contributed by atoms with Crippen molar-refractivity contribution in [2.24, 2.45) is 11.7 Å². The predicted octanol–water partition coefficient (Wildman–Crippen LogP) is 0.313. The number of hydrogen-bond donors (Lipinski definition) is 2. The summed E-state index contributed by atoms with van der Waals surface area (Å²) in [5.41, 5.74) is 5.59. The number of nitrogens with zero attached hydrogens (tertiary/aromatic N) is 3. The Morgan fingerprint density at radius 1 is 1.63 bits per heavy atom. The Kier molecular flexibility index (Phi) is 7.02. The highest BCUT2D eigenvalue weighted by atomic mass is 35.5. The summed E-state index contributed by atoms with van der Waals surface area (Å²) in [6, 6.07) is -0.544. The Balaban J connectivity index is 0.00000324. The number of nitrogens with two attached hydrogens (primary N) is 1. The summed E-state index contributed by atoms with van der Waals surface area (Å²) < 4.78 is 1.40. The molecule has 1 heterocycles. The molecule has 0 aromatic carbocycles. The third kappa shape index (κ3) is 5.23. The van der Waals surface area contributed by atoms with Crippen LogP contribution >= 0.6 is 12.4 Å². The second-order valence-corrected chi connectivity index (χ2v) is 4.28. The van der Waals surface area contributed by atoms with E-state index in [9.17, 15) is 14.9 Å². The summed E-state index contributed by atoms with van der Waals surface area (Å²) >= 11 is 0. The van der Waals surface area contributed by atoms with Crippen molar-refractivity contribution in [2.75, 3.05) is 6.54 Å². The molecule has 0 radical (unpaired) electrons. The molecule has 3 N–H and O–H groups in total. The molecule has 0 saturated carbocycles. The molecule has 0 unspecified atom stereocenters. The normalized spacial score (nSPS) is 11.8. The van der Waals surface area contributed by atoms with E-state index >= 15 is 0 Å². The van der Waals surface area contributed by atoms with Crippen LogP contribution in [0.4, 0.5) is 5.69 Å². The fourth-order valence-electron chi connectivity index (χ4n) is 1.28. The van der Waals surface area contributed by atoms with Crippen LogP contribution in [-0.4, -0.2) is 33.2 Å². The van der Waals surface area contributed by atoms with Crippen LogP contribution in [0.25, 0.3) is 0 Å². The van der Waals surface area contributed by atoms with Gasteiger partial charge in [-0.3, -0.25) is 19.6 Å². The lowest BCUT2D eigenvalue weighted by Crippen LogP contribution is -2.44. The molecular weight excluding hydrogens is 274 g/mol. The van der Waals surface area contributed by atoms with Gasteiger partial charge in [0.2, 0.25) is 5.91 Å². The van der Waals surface area contributed by atoms with Crippen LogP contribution in [0.15, 0.2) is 12.4 Å². The lowest BCUT2D eigenvalue weighted by Gasteiger charge is -2.15. The molecule has 0 aliphatic heterocycles. The first-order valence-corrected chi connectivity index (χ1v) is 5.62. The molecule has 1 aromatic heterocycles. The second-order valence-electron chi connectivity index (χ2n) is 4.28. The molecular formula is C10H18ClN5O3. The fourth-order valence-corrected chi connectivity index (χ4v) is 1.28. The number of aromatic nitrogens is 2. The van der Waals surface area contributed by atoms with Gasteiger partial charge in [-0.1, -0.05) is 13.8 Å². The molecule has 0 fully saturated rings. The maximum Gasteiger partial charge on any atom is 0.306 e. The van der Waals surface area contributed by atoms with Crippen molar-refractivity contribution >= 4 is 24.0 Å². The Morgan fingerprint density at radius 3 is 2.74 bits per heavy atom. The molecule has 1 atom stereocenters. The van der Waals surface area contributed by atoms with E-state index in [0.29, 0.717) is 13.1 Å². The highest BCUT2D eigenvalue weighted by Crippen LogP contribution is 2.07. The number of amides is 1. The van der Waals surface area contributed by atoms with E-state index in [1.807, 2.05) is 13.8 Å². The Hall–Kier alpha value is -1.67. The minimum Gasteiger partial charge on any atom is -0.353 e. The van der Waals surface area contributed by atoms with Crippen molar-refractivity contribution in [1.29, 1.82) is 0 Å². The van der Waals surface area contributed by atoms with Crippen LogP contribution in [-0.2, 0) is 11.3 Å². The van der Waals surface area contributed by atoms with Gasteiger partial charge in [0.1, 0.15) is 12.4 Å². The van der Waals surface area contributed by atoms with E-state index in [1.165, 1.54) is 17.1 Å². The lowest BCUT2D eigenvalue weighted by molar-refractivity contribution is -0.385. The first-order valence-electron chi connectivity index (χ1n) is 5.62. The van der Waals surface area contributed by atoms with E-state index < -0.39 is 11.0 Å². The molecule has 1 amide bonds. The maximum atomic E-state index is 11.5. The van der Waals surface area contributed by atoms with Crippen molar-refractivity contribution in [3.63, 3.8) is 0 Å². The molecule has 1 aromatic rings. The van der Waals surface area contributed by atoms with Gasteiger partial charge >= 0.3 is 5.69 Å². The molecule has 108 valence electrons. The third-order valence-electron chi connectivity index (χ3n) is 2.49. The predicted molar refractivity (Wildman–Crippen MR) is 72.0 cm³/mol. The van der Waals surface area contributed by atoms with Crippen LogP contribution in [0, 0.1) is 16.0 Å². The average Bonchev–Trinajstić information content (AvgIpc) is 2.76. The summed E-state index contributed by atoms with van der Waals surface area (Å²) in [6.45, 7) is 4.42. The van der Waals surface area contributed by atoms with Crippen molar-refractivity contribution in [3.05, 3.63) is 22.5 Å². The van der Waals surface area contributed by atoms with Gasteiger partial charge < -0.3 is 11.1 Å². The first kappa shape index (κ1) is 17.3. The quantitative estimate of drug-likeness (QED) is 0.578. The number of nitro groups is 1. The molecule has 1 rings (SSSR count). The van der Waals surface area contributed by atoms with Gasteiger partial charge in [-0.05, 0) is 5.92 Å². The van der Waals surface area contributed by atoms with Gasteiger partial charge in [-0.15, -0.1) is 12.4 Å². The number of halogens is 1. The summed E-state index contributed by atoms with van der Waals surface area (Å²) in [5.74, 6) is -0.164. The van der Waals surface area contributed by atoms with Gasteiger partial charge in [0.25, 0.3) is 0 Å². The van der Waals surface area contributed by atoms with Crippen LogP contribution in [0.3, 0.4) is 0 Å². The first-order chi connectivity index (χ1) is 8.41. The van der Waals surface area contributed by atoms with Gasteiger partial charge in [0, 0.05) is 6.54 Å². The monoisotopic (exact) mass is 291 g/mol. The number of hydrogen-bond acceptors (Lipinski definition) is 5. The molecule has 0 aliphatic carbocycles. The Morgan fingerprint density at radius 2 is 2.26 bits per heavy atom. The number of carbonyl (C=O) groups excluding carboxylic acids is 1. The van der Waals surface area contributed by atoms with E-state index in [4.69, 9.17) is 5.73 Å². The zero-order chi connectivity index (χ0) is 13.7. The molecule has 0 saturated heterocycles. The summed E-state index contributed by atoms with van der Waals surface area (Å²) in [7, 11) is 0. The third-order valence-corrected chi connectivity index (χ3v) is 2.49. The highest BCUT2D eigenvalue weighted by Gasteiger charge is 2.16. The summed E-state index contributed by atoms with van der Waals surface area (Å²) in [4.78, 5) is 21.4. The molecule has 0 aliphatic rings. The average molecular weight is 292 g/mol. The number of nitrogens with one attached hydrogen (secondary N) is 1. The molecule has 19 heavy (non-hydrogen) atoms. The Labute approximate surface area is 116 Å². The highest BCUT2D eigenvalue weighted by molar-refractivity contribution is 5.85. The van der Waals surface area contributed by atoms with E-state index in [-0.39, 0.29) is 29.9 Å². The van der Waals surface area contributed by atoms with Crippen LogP contribution in [0.5, 0.6) is 0 Å². The van der Waals surface area contributed by atoms with Crippen molar-refractivity contribution in [1.82, 2.24) is 15.1 Å². The van der Waals surface area contributed by atoms with Crippen LogP contribution in [0.1, 0.15) is 13.8 Å². The molecule has 0 spiro atoms. The number of carbonyl (C=O) groups is 1. The van der Waals surface area contributed by atoms with Crippen molar-refractivity contribution < 1.29 is 9.72 Å².